The van der Waals surface area contributed by atoms with Crippen LogP contribution in [0, 0.1) is 0 Å². The van der Waals surface area contributed by atoms with E-state index in [0.29, 0.717) is 13.1 Å². The zero-order valence-corrected chi connectivity index (χ0v) is 16.7. The molecule has 1 aromatic carbocycles. The van der Waals surface area contributed by atoms with Gasteiger partial charge in [-0.05, 0) is 32.4 Å². The summed E-state index contributed by atoms with van der Waals surface area (Å²) >= 11 is 1.71. The third-order valence-corrected chi connectivity index (χ3v) is 4.75. The number of nitrogens with zero attached hydrogens (tertiary/aromatic N) is 2. The van der Waals surface area contributed by atoms with Crippen molar-refractivity contribution in [3.63, 3.8) is 0 Å². The maximum atomic E-state index is 5.97. The van der Waals surface area contributed by atoms with Crippen molar-refractivity contribution in [2.45, 2.75) is 39.8 Å². The van der Waals surface area contributed by atoms with E-state index in [1.165, 1.54) is 4.88 Å². The molecule has 2 aromatic rings. The smallest absolute Gasteiger partial charge is 0.191 e. The first-order chi connectivity index (χ1) is 12.7. The Morgan fingerprint density at radius 2 is 2.00 bits per heavy atom. The number of hydrogen-bond acceptors (Lipinski definition) is 5. The number of nitrogens with one attached hydrogen (secondary N) is 2. The van der Waals surface area contributed by atoms with Crippen molar-refractivity contribution in [3.05, 3.63) is 40.3 Å². The number of para-hydroxylation sites is 2. The van der Waals surface area contributed by atoms with Gasteiger partial charge in [0.2, 0.25) is 0 Å². The largest absolute Gasteiger partial charge is 0.493 e. The van der Waals surface area contributed by atoms with Crippen LogP contribution >= 0.6 is 11.3 Å². The third kappa shape index (κ3) is 6.22. The second-order valence-electron chi connectivity index (χ2n) is 5.73. The van der Waals surface area contributed by atoms with E-state index in [9.17, 15) is 0 Å². The van der Waals surface area contributed by atoms with E-state index < -0.39 is 0 Å². The fraction of sp³-hybridized carbons (Fsp3) is 0.474. The van der Waals surface area contributed by atoms with Crippen LogP contribution < -0.4 is 20.1 Å². The fourth-order valence-electron chi connectivity index (χ4n) is 2.29. The van der Waals surface area contributed by atoms with Crippen molar-refractivity contribution in [2.75, 3.05) is 20.2 Å². The summed E-state index contributed by atoms with van der Waals surface area (Å²) in [7, 11) is 1.64. The summed E-state index contributed by atoms with van der Waals surface area (Å²) in [6.07, 6.45) is 2.90. The number of guanidine groups is 1. The van der Waals surface area contributed by atoms with Gasteiger partial charge in [0.1, 0.15) is 11.1 Å². The second kappa shape index (κ2) is 10.7. The summed E-state index contributed by atoms with van der Waals surface area (Å²) < 4.78 is 11.3. The Hall–Kier alpha value is -2.28. The zero-order chi connectivity index (χ0) is 18.8. The molecule has 7 heteroatoms. The molecule has 1 unspecified atom stereocenters. The van der Waals surface area contributed by atoms with E-state index in [-0.39, 0.29) is 6.10 Å². The molecule has 0 bridgehead atoms. The van der Waals surface area contributed by atoms with Gasteiger partial charge in [-0.25, -0.2) is 9.98 Å². The highest BCUT2D eigenvalue weighted by atomic mass is 32.1. The average Bonchev–Trinajstić information content (AvgIpc) is 3.12. The van der Waals surface area contributed by atoms with E-state index in [1.807, 2.05) is 44.3 Å². The van der Waals surface area contributed by atoms with Crippen LogP contribution in [0.3, 0.4) is 0 Å². The Bertz CT molecular complexity index is 702. The van der Waals surface area contributed by atoms with Crippen LogP contribution in [0.25, 0.3) is 0 Å². The minimum absolute atomic E-state index is 0.0401. The highest BCUT2D eigenvalue weighted by Crippen LogP contribution is 2.26. The van der Waals surface area contributed by atoms with Crippen LogP contribution in [0.2, 0.25) is 0 Å². The normalized spacial score (nSPS) is 12.5. The van der Waals surface area contributed by atoms with Gasteiger partial charge in [-0.3, -0.25) is 0 Å². The van der Waals surface area contributed by atoms with Gasteiger partial charge in [-0.2, -0.15) is 0 Å². The molecule has 1 atom stereocenters. The first kappa shape index (κ1) is 20.0. The van der Waals surface area contributed by atoms with Gasteiger partial charge >= 0.3 is 0 Å². The highest BCUT2D eigenvalue weighted by molar-refractivity contribution is 7.11. The molecule has 0 saturated heterocycles. The van der Waals surface area contributed by atoms with Crippen molar-refractivity contribution in [2.24, 2.45) is 4.99 Å². The van der Waals surface area contributed by atoms with Gasteiger partial charge in [-0.15, -0.1) is 11.3 Å². The number of aryl methyl sites for hydroxylation is 1. The molecule has 2 N–H and O–H groups in total. The lowest BCUT2D eigenvalue weighted by Gasteiger charge is -2.18. The lowest BCUT2D eigenvalue weighted by atomic mass is 10.3. The van der Waals surface area contributed by atoms with Crippen molar-refractivity contribution < 1.29 is 9.47 Å². The van der Waals surface area contributed by atoms with Crippen LogP contribution in [0.5, 0.6) is 11.5 Å². The average molecular weight is 377 g/mol. The van der Waals surface area contributed by atoms with Crippen molar-refractivity contribution in [1.82, 2.24) is 15.6 Å². The molecule has 0 aliphatic carbocycles. The molecule has 1 heterocycles. The minimum Gasteiger partial charge on any atom is -0.493 e. The van der Waals surface area contributed by atoms with E-state index >= 15 is 0 Å². The molecule has 0 saturated carbocycles. The summed E-state index contributed by atoms with van der Waals surface area (Å²) in [5.41, 5.74) is 0. The molecule has 0 spiro atoms. The number of aliphatic imine (C=N–C) groups is 1. The monoisotopic (exact) mass is 376 g/mol. The molecule has 6 nitrogen and oxygen atoms in total. The van der Waals surface area contributed by atoms with E-state index in [4.69, 9.17) is 9.47 Å². The number of benzene rings is 1. The first-order valence-corrected chi connectivity index (χ1v) is 9.73. The summed E-state index contributed by atoms with van der Waals surface area (Å²) in [4.78, 5) is 10.3. The maximum absolute atomic E-state index is 5.97. The molecular formula is C19H28N4O2S. The number of rotatable bonds is 9. The highest BCUT2D eigenvalue weighted by Gasteiger charge is 2.09. The number of aromatic nitrogens is 1. The summed E-state index contributed by atoms with van der Waals surface area (Å²) in [6.45, 7) is 8.19. The fourth-order valence-corrected chi connectivity index (χ4v) is 3.07. The van der Waals surface area contributed by atoms with Crippen LogP contribution in [-0.4, -0.2) is 37.2 Å². The molecule has 1 aromatic heterocycles. The van der Waals surface area contributed by atoms with E-state index in [0.717, 1.165) is 35.4 Å². The van der Waals surface area contributed by atoms with E-state index in [2.05, 4.69) is 27.5 Å². The van der Waals surface area contributed by atoms with Gasteiger partial charge in [0.15, 0.2) is 17.5 Å². The van der Waals surface area contributed by atoms with Gasteiger partial charge in [0, 0.05) is 17.6 Å². The van der Waals surface area contributed by atoms with Gasteiger partial charge in [0.05, 0.1) is 20.2 Å². The van der Waals surface area contributed by atoms with Crippen LogP contribution in [-0.2, 0) is 13.0 Å². The topological polar surface area (TPSA) is 67.8 Å². The number of thiazole rings is 1. The quantitative estimate of drug-likeness (QED) is 0.519. The predicted molar refractivity (Wildman–Crippen MR) is 107 cm³/mol. The Morgan fingerprint density at radius 3 is 2.65 bits per heavy atom. The molecular weight excluding hydrogens is 348 g/mol. The zero-order valence-electron chi connectivity index (χ0n) is 15.9. The third-order valence-electron chi connectivity index (χ3n) is 3.62. The number of ether oxygens (including phenoxy) is 2. The molecule has 142 valence electrons. The molecule has 0 fully saturated rings. The van der Waals surface area contributed by atoms with E-state index in [1.54, 1.807) is 18.4 Å². The standard InChI is InChI=1S/C19H28N4O2S/c1-5-15-12-21-18(26-15)13-23-19(20-6-2)22-11-14(3)25-17-10-8-7-9-16(17)24-4/h7-10,12,14H,5-6,11,13H2,1-4H3,(H2,20,22,23). The minimum atomic E-state index is -0.0401. The van der Waals surface area contributed by atoms with Crippen molar-refractivity contribution in [1.29, 1.82) is 0 Å². The molecule has 2 rings (SSSR count). The van der Waals surface area contributed by atoms with Gasteiger partial charge < -0.3 is 20.1 Å². The number of hydrogen-bond donors (Lipinski definition) is 2. The SMILES string of the molecule is CCNC(=NCc1ncc(CC)s1)NCC(C)Oc1ccccc1OC. The van der Waals surface area contributed by atoms with Crippen LogP contribution in [0.4, 0.5) is 0 Å². The lowest BCUT2D eigenvalue weighted by Crippen LogP contribution is -2.41. The van der Waals surface area contributed by atoms with Gasteiger partial charge in [0.25, 0.3) is 0 Å². The number of methoxy groups -OCH3 is 1. The molecule has 0 aliphatic rings. The Kier molecular flexibility index (Phi) is 8.21. The van der Waals surface area contributed by atoms with Crippen LogP contribution in [0.15, 0.2) is 35.5 Å². The molecule has 0 radical (unpaired) electrons. The Labute approximate surface area is 159 Å². The second-order valence-corrected chi connectivity index (χ2v) is 6.93. The molecule has 0 amide bonds. The predicted octanol–water partition coefficient (Wildman–Crippen LogP) is 3.24. The Balaban J connectivity index is 1.89. The van der Waals surface area contributed by atoms with Crippen LogP contribution in [0.1, 0.15) is 30.7 Å². The molecule has 26 heavy (non-hydrogen) atoms. The maximum Gasteiger partial charge on any atom is 0.191 e. The Morgan fingerprint density at radius 1 is 1.23 bits per heavy atom. The summed E-state index contributed by atoms with van der Waals surface area (Å²) in [5.74, 6) is 2.23. The van der Waals surface area contributed by atoms with Gasteiger partial charge in [-0.1, -0.05) is 19.1 Å². The first-order valence-electron chi connectivity index (χ1n) is 8.91. The van der Waals surface area contributed by atoms with Crippen molar-refractivity contribution >= 4 is 17.3 Å². The van der Waals surface area contributed by atoms with Crippen molar-refractivity contribution in [3.8, 4) is 11.5 Å². The lowest BCUT2D eigenvalue weighted by molar-refractivity contribution is 0.213. The summed E-state index contributed by atoms with van der Waals surface area (Å²) in [6, 6.07) is 7.65. The molecule has 0 aliphatic heterocycles. The summed E-state index contributed by atoms with van der Waals surface area (Å²) in [5, 5.41) is 7.60.